The van der Waals surface area contributed by atoms with E-state index in [4.69, 9.17) is 0 Å². The van der Waals surface area contributed by atoms with Gasteiger partial charge in [0.15, 0.2) is 15.7 Å². The Balaban J connectivity index is 2.76. The zero-order valence-electron chi connectivity index (χ0n) is 11.0. The van der Waals surface area contributed by atoms with Crippen molar-refractivity contribution >= 4 is 21.6 Å². The van der Waals surface area contributed by atoms with Crippen LogP contribution in [0.1, 0.15) is 26.5 Å². The molecule has 0 radical (unpaired) electrons. The molecule has 0 bridgehead atoms. The summed E-state index contributed by atoms with van der Waals surface area (Å²) in [5, 5.41) is 6.95. The number of H-pyrrole nitrogens is 1. The third-order valence-electron chi connectivity index (χ3n) is 2.40. The number of hydrogen-bond acceptors (Lipinski definition) is 4. The first-order valence-electron chi connectivity index (χ1n) is 5.48. The maximum Gasteiger partial charge on any atom is 0.432 e. The summed E-state index contributed by atoms with van der Waals surface area (Å²) in [6.07, 6.45) is -4.62. The average molecular weight is 313 g/mol. The number of anilines is 1. The first-order chi connectivity index (χ1) is 8.83. The van der Waals surface area contributed by atoms with Crippen LogP contribution in [0.5, 0.6) is 0 Å². The van der Waals surface area contributed by atoms with Gasteiger partial charge in [-0.3, -0.25) is 9.89 Å². The maximum atomic E-state index is 12.3. The van der Waals surface area contributed by atoms with Gasteiger partial charge in [0.2, 0.25) is 5.91 Å². The Morgan fingerprint density at radius 2 is 1.90 bits per heavy atom. The first kappa shape index (κ1) is 16.5. The lowest BCUT2D eigenvalue weighted by Gasteiger charge is -2.18. The molecule has 114 valence electrons. The minimum atomic E-state index is -4.62. The second kappa shape index (κ2) is 5.08. The summed E-state index contributed by atoms with van der Waals surface area (Å²) in [7, 11) is -3.71. The summed E-state index contributed by atoms with van der Waals surface area (Å²) in [5.74, 6) is -2.16. The minimum Gasteiger partial charge on any atom is -0.308 e. The van der Waals surface area contributed by atoms with Gasteiger partial charge in [0.1, 0.15) is 11.4 Å². The van der Waals surface area contributed by atoms with Gasteiger partial charge in [-0.05, 0) is 20.8 Å². The average Bonchev–Trinajstić information content (AvgIpc) is 2.62. The molecule has 0 aliphatic carbocycles. The van der Waals surface area contributed by atoms with E-state index in [0.29, 0.717) is 6.07 Å². The Morgan fingerprint density at radius 1 is 1.35 bits per heavy atom. The molecule has 1 aromatic rings. The molecule has 20 heavy (non-hydrogen) atoms. The summed E-state index contributed by atoms with van der Waals surface area (Å²) >= 11 is 0. The number of hydrogen-bond donors (Lipinski definition) is 2. The van der Waals surface area contributed by atoms with Crippen molar-refractivity contribution in [3.05, 3.63) is 11.8 Å². The van der Waals surface area contributed by atoms with Gasteiger partial charge in [0, 0.05) is 6.07 Å². The van der Waals surface area contributed by atoms with Gasteiger partial charge in [-0.15, -0.1) is 0 Å². The Labute approximate surface area is 113 Å². The standard InChI is InChI=1S/C10H14F3N3O3S/c1-9(2,3)20(18,19)5-8(17)14-7-4-6(15-16-7)10(11,12)13/h4H,5H2,1-3H3,(H2,14,15,16,17). The van der Waals surface area contributed by atoms with Gasteiger partial charge in [0.25, 0.3) is 0 Å². The highest BCUT2D eigenvalue weighted by Crippen LogP contribution is 2.28. The van der Waals surface area contributed by atoms with E-state index in [1.807, 2.05) is 5.32 Å². The summed E-state index contributed by atoms with van der Waals surface area (Å²) in [6.45, 7) is 4.27. The van der Waals surface area contributed by atoms with Gasteiger partial charge < -0.3 is 5.32 Å². The van der Waals surface area contributed by atoms with Gasteiger partial charge in [0.05, 0.1) is 4.75 Å². The summed E-state index contributed by atoms with van der Waals surface area (Å²) in [4.78, 5) is 11.5. The third kappa shape index (κ3) is 3.95. The highest BCUT2D eigenvalue weighted by atomic mass is 32.2. The molecule has 1 rings (SSSR count). The number of aromatic amines is 1. The van der Waals surface area contributed by atoms with E-state index in [2.05, 4.69) is 5.10 Å². The number of aromatic nitrogens is 2. The van der Waals surface area contributed by atoms with Crippen molar-refractivity contribution in [2.24, 2.45) is 0 Å². The fraction of sp³-hybridized carbons (Fsp3) is 0.600. The lowest BCUT2D eigenvalue weighted by molar-refractivity contribution is -0.141. The van der Waals surface area contributed by atoms with Crippen molar-refractivity contribution in [2.75, 3.05) is 11.1 Å². The highest BCUT2D eigenvalue weighted by molar-refractivity contribution is 7.93. The van der Waals surface area contributed by atoms with Crippen molar-refractivity contribution in [3.63, 3.8) is 0 Å². The number of sulfone groups is 1. The molecule has 10 heteroatoms. The molecule has 1 aromatic heterocycles. The molecule has 0 atom stereocenters. The van der Waals surface area contributed by atoms with E-state index < -0.39 is 38.1 Å². The van der Waals surface area contributed by atoms with Crippen LogP contribution in [0.15, 0.2) is 6.07 Å². The molecule has 0 spiro atoms. The Kier molecular flexibility index (Phi) is 4.18. The zero-order valence-corrected chi connectivity index (χ0v) is 11.8. The molecule has 0 saturated carbocycles. The molecule has 0 unspecified atom stereocenters. The van der Waals surface area contributed by atoms with Crippen LogP contribution in [0.2, 0.25) is 0 Å². The molecular formula is C10H14F3N3O3S. The number of halogens is 3. The van der Waals surface area contributed by atoms with Crippen LogP contribution in [0.4, 0.5) is 19.0 Å². The number of nitrogens with zero attached hydrogens (tertiary/aromatic N) is 1. The molecule has 2 N–H and O–H groups in total. The third-order valence-corrected chi connectivity index (χ3v) is 4.91. The van der Waals surface area contributed by atoms with E-state index in [1.165, 1.54) is 20.8 Å². The molecule has 6 nitrogen and oxygen atoms in total. The Bertz CT molecular complexity index is 599. The summed E-state index contributed by atoms with van der Waals surface area (Å²) in [5.41, 5.74) is -1.13. The molecule has 0 aliphatic rings. The molecule has 0 saturated heterocycles. The van der Waals surface area contributed by atoms with Gasteiger partial charge >= 0.3 is 6.18 Å². The summed E-state index contributed by atoms with van der Waals surface area (Å²) < 4.78 is 59.2. The van der Waals surface area contributed by atoms with Crippen LogP contribution in [0, 0.1) is 0 Å². The van der Waals surface area contributed by atoms with Crippen LogP contribution in [-0.2, 0) is 20.8 Å². The maximum absolute atomic E-state index is 12.3. The van der Waals surface area contributed by atoms with Crippen molar-refractivity contribution in [1.82, 2.24) is 10.2 Å². The number of carbonyl (C=O) groups is 1. The molecule has 0 fully saturated rings. The van der Waals surface area contributed by atoms with Gasteiger partial charge in [-0.1, -0.05) is 0 Å². The lowest BCUT2D eigenvalue weighted by Crippen LogP contribution is -2.35. The van der Waals surface area contributed by atoms with E-state index in [9.17, 15) is 26.4 Å². The van der Waals surface area contributed by atoms with Crippen LogP contribution >= 0.6 is 0 Å². The van der Waals surface area contributed by atoms with Crippen molar-refractivity contribution in [3.8, 4) is 0 Å². The Hall–Kier alpha value is -1.58. The van der Waals surface area contributed by atoms with Crippen LogP contribution in [0.3, 0.4) is 0 Å². The van der Waals surface area contributed by atoms with Crippen LogP contribution in [0.25, 0.3) is 0 Å². The molecule has 1 amide bonds. The fourth-order valence-electron chi connectivity index (χ4n) is 1.10. The van der Waals surface area contributed by atoms with Crippen molar-refractivity contribution in [2.45, 2.75) is 31.7 Å². The van der Waals surface area contributed by atoms with Crippen molar-refractivity contribution < 1.29 is 26.4 Å². The van der Waals surface area contributed by atoms with Crippen LogP contribution in [-0.4, -0.2) is 35.0 Å². The number of amides is 1. The zero-order chi connectivity index (χ0) is 15.8. The first-order valence-corrected chi connectivity index (χ1v) is 7.13. The van der Waals surface area contributed by atoms with Crippen LogP contribution < -0.4 is 5.32 Å². The predicted octanol–water partition coefficient (Wildman–Crippen LogP) is 1.58. The smallest absolute Gasteiger partial charge is 0.308 e. The molecule has 0 aromatic carbocycles. The quantitative estimate of drug-likeness (QED) is 0.886. The number of alkyl halides is 3. The second-order valence-corrected chi connectivity index (χ2v) is 7.83. The van der Waals surface area contributed by atoms with Crippen molar-refractivity contribution in [1.29, 1.82) is 0 Å². The molecular weight excluding hydrogens is 299 g/mol. The lowest BCUT2D eigenvalue weighted by atomic mass is 10.3. The topological polar surface area (TPSA) is 91.9 Å². The van der Waals surface area contributed by atoms with E-state index in [0.717, 1.165) is 0 Å². The van der Waals surface area contributed by atoms with E-state index >= 15 is 0 Å². The minimum absolute atomic E-state index is 0.383. The Morgan fingerprint density at radius 3 is 2.30 bits per heavy atom. The normalized spacial score (nSPS) is 13.3. The predicted molar refractivity (Wildman–Crippen MR) is 65.8 cm³/mol. The number of rotatable bonds is 3. The van der Waals surface area contributed by atoms with E-state index in [1.54, 1.807) is 5.10 Å². The SMILES string of the molecule is CC(C)(C)S(=O)(=O)CC(=O)Nc1cc(C(F)(F)F)[nH]n1. The summed E-state index contributed by atoms with van der Waals surface area (Å²) in [6, 6.07) is 0.585. The molecule has 1 heterocycles. The molecule has 0 aliphatic heterocycles. The van der Waals surface area contributed by atoms with E-state index in [-0.39, 0.29) is 5.82 Å². The highest BCUT2D eigenvalue weighted by Gasteiger charge is 2.34. The number of nitrogens with one attached hydrogen (secondary N) is 2. The second-order valence-electron chi connectivity index (χ2n) is 5.08. The number of carbonyl (C=O) groups excluding carboxylic acids is 1. The fourth-order valence-corrected chi connectivity index (χ4v) is 1.95. The van der Waals surface area contributed by atoms with Gasteiger partial charge in [-0.2, -0.15) is 18.3 Å². The van der Waals surface area contributed by atoms with Gasteiger partial charge in [-0.25, -0.2) is 8.42 Å². The monoisotopic (exact) mass is 313 g/mol. The largest absolute Gasteiger partial charge is 0.432 e.